The van der Waals surface area contributed by atoms with Crippen LogP contribution in [0.4, 0.5) is 5.69 Å². The summed E-state index contributed by atoms with van der Waals surface area (Å²) in [6, 6.07) is 5.30. The Labute approximate surface area is 169 Å². The molecule has 1 amide bonds. The number of benzene rings is 1. The van der Waals surface area contributed by atoms with Crippen molar-refractivity contribution in [2.45, 2.75) is 38.8 Å². The smallest absolute Gasteiger partial charge is 0.244 e. The summed E-state index contributed by atoms with van der Waals surface area (Å²) in [6.07, 6.45) is 4.50. The third-order valence-corrected chi connectivity index (χ3v) is 5.42. The number of hydrogen-bond donors (Lipinski definition) is 2. The standard InChI is InChI=1S/C21H25ClN4O2/c1-4-7-26-12-21(2,3)28-11-18(26)20(27)25-16-9-13(22)8-15-14-5-6-23-10-17(14)24-19(15)16/h5-6,8-10,18,24H,4,7,11-12H2,1-3H3,(H,25,27)/t18-/m0/s1. The lowest BCUT2D eigenvalue weighted by atomic mass is 10.0. The second-order valence-corrected chi connectivity index (χ2v) is 8.40. The largest absolute Gasteiger partial charge is 0.372 e. The average Bonchev–Trinajstić information content (AvgIpc) is 3.00. The number of aromatic nitrogens is 2. The van der Waals surface area contributed by atoms with Gasteiger partial charge in [0.15, 0.2) is 0 Å². The number of anilines is 1. The molecule has 7 heteroatoms. The molecule has 3 aromatic rings. The Bertz CT molecular complexity index is 1030. The van der Waals surface area contributed by atoms with E-state index in [0.29, 0.717) is 17.3 Å². The van der Waals surface area contributed by atoms with Gasteiger partial charge >= 0.3 is 0 Å². The molecule has 0 bridgehead atoms. The molecule has 1 saturated heterocycles. The number of amides is 1. The first kappa shape index (κ1) is 19.2. The van der Waals surface area contributed by atoms with Crippen LogP contribution in [0.1, 0.15) is 27.2 Å². The first-order valence-electron chi connectivity index (χ1n) is 9.62. The molecule has 148 valence electrons. The number of fused-ring (bicyclic) bond motifs is 3. The summed E-state index contributed by atoms with van der Waals surface area (Å²) in [5, 5.41) is 5.64. The van der Waals surface area contributed by atoms with Crippen LogP contribution in [0.2, 0.25) is 5.02 Å². The molecule has 3 heterocycles. The zero-order valence-corrected chi connectivity index (χ0v) is 17.1. The van der Waals surface area contributed by atoms with E-state index in [0.717, 1.165) is 41.3 Å². The van der Waals surface area contributed by atoms with Crippen LogP contribution >= 0.6 is 11.6 Å². The predicted molar refractivity (Wildman–Crippen MR) is 113 cm³/mol. The number of aromatic amines is 1. The summed E-state index contributed by atoms with van der Waals surface area (Å²) in [7, 11) is 0. The van der Waals surface area contributed by atoms with E-state index in [4.69, 9.17) is 16.3 Å². The van der Waals surface area contributed by atoms with Gasteiger partial charge in [0.2, 0.25) is 5.91 Å². The zero-order chi connectivity index (χ0) is 19.9. The van der Waals surface area contributed by atoms with Crippen molar-refractivity contribution in [3.63, 3.8) is 0 Å². The SMILES string of the molecule is CCCN1CC(C)(C)OC[C@H]1C(=O)Nc1cc(Cl)cc2c1[nH]c1cnccc12. The predicted octanol–water partition coefficient (Wildman–Crippen LogP) is 4.20. The van der Waals surface area contributed by atoms with Crippen LogP contribution in [0.5, 0.6) is 0 Å². The highest BCUT2D eigenvalue weighted by molar-refractivity contribution is 6.32. The quantitative estimate of drug-likeness (QED) is 0.688. The number of carbonyl (C=O) groups excluding carboxylic acids is 1. The number of nitrogens with one attached hydrogen (secondary N) is 2. The van der Waals surface area contributed by atoms with Gasteiger partial charge in [0.1, 0.15) is 6.04 Å². The van der Waals surface area contributed by atoms with Gasteiger partial charge in [0, 0.05) is 28.5 Å². The van der Waals surface area contributed by atoms with E-state index >= 15 is 0 Å². The van der Waals surface area contributed by atoms with E-state index in [1.165, 1.54) is 0 Å². The highest BCUT2D eigenvalue weighted by atomic mass is 35.5. The summed E-state index contributed by atoms with van der Waals surface area (Å²) in [4.78, 5) is 22.9. The molecule has 1 aliphatic heterocycles. The minimum Gasteiger partial charge on any atom is -0.372 e. The van der Waals surface area contributed by atoms with E-state index in [1.54, 1.807) is 18.5 Å². The number of nitrogens with zero attached hydrogens (tertiary/aromatic N) is 2. The van der Waals surface area contributed by atoms with Crippen molar-refractivity contribution in [2.75, 3.05) is 25.0 Å². The van der Waals surface area contributed by atoms with Crippen LogP contribution < -0.4 is 5.32 Å². The van der Waals surface area contributed by atoms with Gasteiger partial charge in [-0.3, -0.25) is 14.7 Å². The minimum absolute atomic E-state index is 0.0794. The van der Waals surface area contributed by atoms with Gasteiger partial charge in [-0.2, -0.15) is 0 Å². The number of morpholine rings is 1. The first-order chi connectivity index (χ1) is 13.4. The molecule has 0 aliphatic carbocycles. The summed E-state index contributed by atoms with van der Waals surface area (Å²) in [5.41, 5.74) is 2.18. The maximum atomic E-state index is 13.1. The maximum Gasteiger partial charge on any atom is 0.244 e. The van der Waals surface area contributed by atoms with Gasteiger partial charge in [-0.15, -0.1) is 0 Å². The Morgan fingerprint density at radius 3 is 3.04 bits per heavy atom. The highest BCUT2D eigenvalue weighted by Crippen LogP contribution is 2.33. The molecular formula is C21H25ClN4O2. The summed E-state index contributed by atoms with van der Waals surface area (Å²) >= 11 is 6.35. The first-order valence-corrected chi connectivity index (χ1v) is 9.99. The lowest BCUT2D eigenvalue weighted by molar-refractivity contribution is -0.143. The average molecular weight is 401 g/mol. The van der Waals surface area contributed by atoms with Crippen molar-refractivity contribution in [3.05, 3.63) is 35.6 Å². The van der Waals surface area contributed by atoms with Crippen LogP contribution in [0.25, 0.3) is 21.8 Å². The molecule has 1 aliphatic rings. The molecule has 0 unspecified atom stereocenters. The van der Waals surface area contributed by atoms with Crippen LogP contribution in [0.3, 0.4) is 0 Å². The Kier molecular flexibility index (Phi) is 5.04. The van der Waals surface area contributed by atoms with Crippen LogP contribution in [-0.2, 0) is 9.53 Å². The number of hydrogen-bond acceptors (Lipinski definition) is 4. The van der Waals surface area contributed by atoms with Gasteiger partial charge in [0.25, 0.3) is 0 Å². The number of rotatable bonds is 4. The van der Waals surface area contributed by atoms with Crippen molar-refractivity contribution in [1.29, 1.82) is 0 Å². The Morgan fingerprint density at radius 1 is 1.43 bits per heavy atom. The zero-order valence-electron chi connectivity index (χ0n) is 16.4. The molecule has 6 nitrogen and oxygen atoms in total. The van der Waals surface area contributed by atoms with E-state index in [2.05, 4.69) is 41.0 Å². The van der Waals surface area contributed by atoms with Crippen molar-refractivity contribution in [1.82, 2.24) is 14.9 Å². The number of H-pyrrole nitrogens is 1. The minimum atomic E-state index is -0.326. The van der Waals surface area contributed by atoms with Crippen LogP contribution in [-0.4, -0.2) is 52.1 Å². The molecule has 0 spiro atoms. The number of ether oxygens (including phenoxy) is 1. The van der Waals surface area contributed by atoms with E-state index < -0.39 is 0 Å². The van der Waals surface area contributed by atoms with Crippen molar-refractivity contribution >= 4 is 45.0 Å². The Morgan fingerprint density at radius 2 is 2.25 bits per heavy atom. The molecule has 1 atom stereocenters. The lowest BCUT2D eigenvalue weighted by Gasteiger charge is -2.42. The van der Waals surface area contributed by atoms with Gasteiger partial charge in [-0.25, -0.2) is 0 Å². The molecular weight excluding hydrogens is 376 g/mol. The summed E-state index contributed by atoms with van der Waals surface area (Å²) in [5.74, 6) is -0.0794. The van der Waals surface area contributed by atoms with Gasteiger partial charge in [0.05, 0.1) is 35.1 Å². The lowest BCUT2D eigenvalue weighted by Crippen LogP contribution is -2.58. The third-order valence-electron chi connectivity index (χ3n) is 5.20. The Balaban J connectivity index is 1.66. The van der Waals surface area contributed by atoms with Crippen molar-refractivity contribution in [2.24, 2.45) is 0 Å². The third kappa shape index (κ3) is 3.60. The summed E-state index contributed by atoms with van der Waals surface area (Å²) in [6.45, 7) is 8.19. The molecule has 1 fully saturated rings. The van der Waals surface area contributed by atoms with Crippen LogP contribution in [0.15, 0.2) is 30.6 Å². The molecule has 4 rings (SSSR count). The van der Waals surface area contributed by atoms with Gasteiger partial charge in [-0.05, 0) is 45.0 Å². The van der Waals surface area contributed by atoms with Gasteiger partial charge < -0.3 is 15.0 Å². The topological polar surface area (TPSA) is 70.2 Å². The van der Waals surface area contributed by atoms with Crippen molar-refractivity contribution in [3.8, 4) is 0 Å². The number of carbonyl (C=O) groups is 1. The number of halogens is 1. The fourth-order valence-electron chi connectivity index (χ4n) is 3.95. The van der Waals surface area contributed by atoms with E-state index in [-0.39, 0.29) is 17.6 Å². The molecule has 2 N–H and O–H groups in total. The fraction of sp³-hybridized carbons (Fsp3) is 0.429. The second kappa shape index (κ2) is 7.35. The second-order valence-electron chi connectivity index (χ2n) is 7.97. The highest BCUT2D eigenvalue weighted by Gasteiger charge is 2.37. The molecule has 28 heavy (non-hydrogen) atoms. The van der Waals surface area contributed by atoms with Gasteiger partial charge in [-0.1, -0.05) is 18.5 Å². The van der Waals surface area contributed by atoms with Crippen molar-refractivity contribution < 1.29 is 9.53 Å². The van der Waals surface area contributed by atoms with Crippen LogP contribution in [0, 0.1) is 0 Å². The van der Waals surface area contributed by atoms with E-state index in [1.807, 2.05) is 12.1 Å². The Hall–Kier alpha value is -2.15. The monoisotopic (exact) mass is 400 g/mol. The fourth-order valence-corrected chi connectivity index (χ4v) is 4.17. The number of pyridine rings is 1. The maximum absolute atomic E-state index is 13.1. The molecule has 2 aromatic heterocycles. The molecule has 0 saturated carbocycles. The molecule has 0 radical (unpaired) electrons. The molecule has 1 aromatic carbocycles. The van der Waals surface area contributed by atoms with E-state index in [9.17, 15) is 4.79 Å². The normalized spacial score (nSPS) is 19.9. The summed E-state index contributed by atoms with van der Waals surface area (Å²) < 4.78 is 5.93.